The molecular weight excluding hydrogens is 584 g/mol. The Morgan fingerprint density at radius 1 is 0.978 bits per heavy atom. The molecular formula is C35H48N6O5. The zero-order valence-electron chi connectivity index (χ0n) is 27.2. The van der Waals surface area contributed by atoms with Gasteiger partial charge in [-0.3, -0.25) is 23.9 Å². The van der Waals surface area contributed by atoms with E-state index >= 15 is 0 Å². The van der Waals surface area contributed by atoms with Crippen LogP contribution in [0.5, 0.6) is 0 Å². The van der Waals surface area contributed by atoms with E-state index < -0.39 is 23.5 Å². The summed E-state index contributed by atoms with van der Waals surface area (Å²) in [6, 6.07) is 9.05. The average Bonchev–Trinajstić information content (AvgIpc) is 3.58. The minimum Gasteiger partial charge on any atom is -0.376 e. The second kappa shape index (κ2) is 13.9. The summed E-state index contributed by atoms with van der Waals surface area (Å²) in [6.07, 6.45) is 11.4. The van der Waals surface area contributed by atoms with Crippen LogP contribution in [0.1, 0.15) is 74.2 Å². The highest BCUT2D eigenvalue weighted by molar-refractivity contribution is 5.95. The summed E-state index contributed by atoms with van der Waals surface area (Å²) in [5.74, 6) is -0.299. The van der Waals surface area contributed by atoms with Crippen LogP contribution in [0.25, 0.3) is 0 Å². The van der Waals surface area contributed by atoms with Crippen LogP contribution in [0.3, 0.4) is 0 Å². The highest BCUT2D eigenvalue weighted by Gasteiger charge is 2.59. The smallest absolute Gasteiger partial charge is 0.257 e. The number of ether oxygens (including phenoxy) is 1. The Bertz CT molecular complexity index is 1400. The molecule has 4 amide bonds. The number of likely N-dealkylation sites (tertiary alicyclic amines) is 2. The molecule has 3 atom stereocenters. The molecule has 1 spiro atoms. The van der Waals surface area contributed by atoms with Gasteiger partial charge in [-0.2, -0.15) is 5.10 Å². The molecule has 6 rings (SSSR count). The Balaban J connectivity index is 1.15. The fourth-order valence-electron chi connectivity index (χ4n) is 7.45. The van der Waals surface area contributed by atoms with E-state index in [4.69, 9.17) is 4.74 Å². The van der Waals surface area contributed by atoms with Crippen molar-refractivity contribution in [3.8, 4) is 0 Å². The lowest BCUT2D eigenvalue weighted by atomic mass is 9.71. The third-order valence-corrected chi connectivity index (χ3v) is 10.5. The molecule has 0 unspecified atom stereocenters. The first-order valence-corrected chi connectivity index (χ1v) is 17.0. The minimum absolute atomic E-state index is 0.118. The van der Waals surface area contributed by atoms with Crippen LogP contribution in [0, 0.1) is 23.2 Å². The topological polar surface area (TPSA) is 126 Å². The number of rotatable bonds is 12. The predicted octanol–water partition coefficient (Wildman–Crippen LogP) is 2.85. The number of hydrogen-bond acceptors (Lipinski definition) is 6. The van der Waals surface area contributed by atoms with E-state index in [1.54, 1.807) is 29.0 Å². The average molecular weight is 633 g/mol. The van der Waals surface area contributed by atoms with Gasteiger partial charge in [0.2, 0.25) is 17.7 Å². The highest BCUT2D eigenvalue weighted by Crippen LogP contribution is 2.46. The van der Waals surface area contributed by atoms with Gasteiger partial charge in [0.1, 0.15) is 6.04 Å². The first kappa shape index (κ1) is 32.2. The van der Waals surface area contributed by atoms with Crippen LogP contribution >= 0.6 is 0 Å². The molecule has 0 bridgehead atoms. The fraction of sp³-hybridized carbons (Fsp3) is 0.629. The molecule has 4 aliphatic rings. The molecule has 2 N–H and O–H groups in total. The van der Waals surface area contributed by atoms with E-state index in [1.807, 2.05) is 42.2 Å². The number of nitrogens with zero attached hydrogens (tertiary/aromatic N) is 4. The molecule has 2 aromatic rings. The van der Waals surface area contributed by atoms with E-state index in [9.17, 15) is 19.2 Å². The van der Waals surface area contributed by atoms with Gasteiger partial charge in [-0.05, 0) is 50.0 Å². The second-order valence-electron chi connectivity index (χ2n) is 14.1. The Morgan fingerprint density at radius 2 is 1.70 bits per heavy atom. The van der Waals surface area contributed by atoms with Gasteiger partial charge in [-0.15, -0.1) is 0 Å². The predicted molar refractivity (Wildman–Crippen MR) is 172 cm³/mol. The highest BCUT2D eigenvalue weighted by atomic mass is 16.5. The van der Waals surface area contributed by atoms with Crippen molar-refractivity contribution in [1.29, 1.82) is 0 Å². The van der Waals surface area contributed by atoms with Crippen LogP contribution in [-0.2, 0) is 25.7 Å². The molecule has 1 aromatic heterocycles. The zero-order chi connectivity index (χ0) is 32.3. The maximum Gasteiger partial charge on any atom is 0.257 e. The van der Waals surface area contributed by atoms with Crippen molar-refractivity contribution >= 4 is 23.6 Å². The van der Waals surface area contributed by atoms with Crippen molar-refractivity contribution in [3.05, 3.63) is 53.9 Å². The van der Waals surface area contributed by atoms with Crippen molar-refractivity contribution in [2.75, 3.05) is 39.8 Å². The molecule has 2 saturated heterocycles. The Hall–Kier alpha value is -3.73. The summed E-state index contributed by atoms with van der Waals surface area (Å²) >= 11 is 0. The molecule has 0 radical (unpaired) electrons. The lowest BCUT2D eigenvalue weighted by molar-refractivity contribution is -0.151. The number of amides is 4. The summed E-state index contributed by atoms with van der Waals surface area (Å²) < 4.78 is 7.91. The van der Waals surface area contributed by atoms with E-state index in [0.717, 1.165) is 31.2 Å². The Labute approximate surface area is 271 Å². The summed E-state index contributed by atoms with van der Waals surface area (Å²) in [5, 5.41) is 10.1. The van der Waals surface area contributed by atoms with Crippen molar-refractivity contribution in [2.45, 2.75) is 77.0 Å². The van der Waals surface area contributed by atoms with Crippen LogP contribution < -0.4 is 10.6 Å². The summed E-state index contributed by atoms with van der Waals surface area (Å²) in [6.45, 7) is 4.35. The fourth-order valence-corrected chi connectivity index (χ4v) is 7.45. The first-order chi connectivity index (χ1) is 22.2. The van der Waals surface area contributed by atoms with Crippen molar-refractivity contribution in [3.63, 3.8) is 0 Å². The molecule has 4 fully saturated rings. The van der Waals surface area contributed by atoms with E-state index in [0.29, 0.717) is 56.6 Å². The van der Waals surface area contributed by atoms with E-state index in [-0.39, 0.29) is 30.2 Å². The van der Waals surface area contributed by atoms with Crippen LogP contribution in [-0.4, -0.2) is 95.2 Å². The molecule has 1 aromatic carbocycles. The SMILES string of the molecule is CNC(=O)[C@@H](NC(=O)[C@H]1CN(C(=O)c2cnn(Cc3ccccc3)c2)CC12CN(C(=O)CC1CC1)C2)[C@@H](C)OCC1CCCCC1. The third kappa shape index (κ3) is 7.29. The standard InChI is InChI=1S/C35H48N6O5/c1-24(46-20-27-11-7-4-8-12-27)31(33(44)36-2)38-32(43)29-19-39(21-35(29)22-40(23-35)30(42)15-25-13-14-25)34(45)28-16-37-41(18-28)17-26-9-5-3-6-10-26/h3,5-6,9-10,16,18,24-25,27,29,31H,4,7-8,11-15,17,19-23H2,1-2H3,(H,36,44)(H,38,43)/t24-,29-,31+/m1/s1. The Morgan fingerprint density at radius 3 is 2.39 bits per heavy atom. The molecule has 11 heteroatoms. The number of nitrogens with one attached hydrogen (secondary N) is 2. The van der Waals surface area contributed by atoms with Gasteiger partial charge in [0.25, 0.3) is 5.91 Å². The number of likely N-dealkylation sites (N-methyl/N-ethyl adjacent to an activating group) is 1. The number of aromatic nitrogens is 2. The molecule has 46 heavy (non-hydrogen) atoms. The molecule has 11 nitrogen and oxygen atoms in total. The number of carbonyl (C=O) groups excluding carboxylic acids is 4. The third-order valence-electron chi connectivity index (χ3n) is 10.5. The van der Waals surface area contributed by atoms with Crippen molar-refractivity contribution in [2.24, 2.45) is 23.2 Å². The monoisotopic (exact) mass is 632 g/mol. The van der Waals surface area contributed by atoms with E-state index in [1.165, 1.54) is 19.3 Å². The summed E-state index contributed by atoms with van der Waals surface area (Å²) in [4.78, 5) is 57.3. The van der Waals surface area contributed by atoms with Gasteiger partial charge >= 0.3 is 0 Å². The zero-order valence-corrected chi connectivity index (χ0v) is 27.2. The largest absolute Gasteiger partial charge is 0.376 e. The lowest BCUT2D eigenvalue weighted by Crippen LogP contribution is -2.65. The quantitative estimate of drug-likeness (QED) is 0.371. The first-order valence-electron chi connectivity index (χ1n) is 17.0. The van der Waals surface area contributed by atoms with Gasteiger partial charge in [0.05, 0.1) is 30.3 Å². The number of benzene rings is 1. The molecule has 248 valence electrons. The summed E-state index contributed by atoms with van der Waals surface area (Å²) in [7, 11) is 1.56. The van der Waals surface area contributed by atoms with Gasteiger partial charge in [-0.1, -0.05) is 49.6 Å². The Kier molecular flexibility index (Phi) is 9.77. The maximum absolute atomic E-state index is 14.1. The molecule has 2 aliphatic carbocycles. The van der Waals surface area contributed by atoms with E-state index in [2.05, 4.69) is 15.7 Å². The van der Waals surface area contributed by atoms with Crippen molar-refractivity contribution < 1.29 is 23.9 Å². The minimum atomic E-state index is -0.869. The van der Waals surface area contributed by atoms with Crippen LogP contribution in [0.4, 0.5) is 0 Å². The van der Waals surface area contributed by atoms with Crippen LogP contribution in [0.2, 0.25) is 0 Å². The van der Waals surface area contributed by atoms with Crippen molar-refractivity contribution in [1.82, 2.24) is 30.2 Å². The molecule has 2 aliphatic heterocycles. The van der Waals surface area contributed by atoms with Gasteiger partial charge in [0, 0.05) is 57.9 Å². The molecule has 2 saturated carbocycles. The lowest BCUT2D eigenvalue weighted by Gasteiger charge is -2.50. The number of carbonyl (C=O) groups is 4. The van der Waals surface area contributed by atoms with Gasteiger partial charge in [0.15, 0.2) is 0 Å². The van der Waals surface area contributed by atoms with Gasteiger partial charge < -0.3 is 25.2 Å². The summed E-state index contributed by atoms with van der Waals surface area (Å²) in [5.41, 5.74) is 0.967. The normalized spacial score (nSPS) is 22.3. The molecule has 3 heterocycles. The number of hydrogen-bond donors (Lipinski definition) is 2. The maximum atomic E-state index is 14.1. The van der Waals surface area contributed by atoms with Gasteiger partial charge in [-0.25, -0.2) is 0 Å². The van der Waals surface area contributed by atoms with Crippen LogP contribution in [0.15, 0.2) is 42.7 Å². The second-order valence-corrected chi connectivity index (χ2v) is 14.1.